The van der Waals surface area contributed by atoms with Gasteiger partial charge in [-0.05, 0) is 34.5 Å². The van der Waals surface area contributed by atoms with Gasteiger partial charge >= 0.3 is 0 Å². The van der Waals surface area contributed by atoms with Crippen LogP contribution in [-0.2, 0) is 53.8 Å². The van der Waals surface area contributed by atoms with E-state index in [1.54, 1.807) is 12.1 Å². The zero-order valence-electron chi connectivity index (χ0n) is 15.5. The molecule has 155 valence electrons. The van der Waals surface area contributed by atoms with Crippen LogP contribution in [0.25, 0.3) is 11.3 Å². The number of halogens is 3. The Labute approximate surface area is 220 Å². The number of oxazole rings is 1. The van der Waals surface area contributed by atoms with E-state index < -0.39 is 29.2 Å². The predicted molar refractivity (Wildman–Crippen MR) is 101 cm³/mol. The number of ether oxygens (including phenoxy) is 1. The molecule has 2 aromatic carbocycles. The van der Waals surface area contributed by atoms with Gasteiger partial charge in [0.1, 0.15) is 11.4 Å². The van der Waals surface area contributed by atoms with Gasteiger partial charge in [-0.1, -0.05) is 0 Å². The maximum atomic E-state index is 14.5. The minimum Gasteiger partial charge on any atom is -0.478 e. The van der Waals surface area contributed by atoms with Crippen molar-refractivity contribution in [2.24, 2.45) is 5.73 Å². The largest absolute Gasteiger partial charge is 0.478 e. The molecular weight excluding hydrogens is 707 g/mol. The molecule has 1 atom stereocenters. The molecule has 0 spiro atoms. The van der Waals surface area contributed by atoms with E-state index in [0.29, 0.717) is 23.2 Å². The van der Waals surface area contributed by atoms with E-state index in [0.717, 1.165) is 17.7 Å². The van der Waals surface area contributed by atoms with Crippen LogP contribution in [0.2, 0.25) is 0 Å². The van der Waals surface area contributed by atoms with Gasteiger partial charge in [-0.2, -0.15) is 36.8 Å². The Kier molecular flexibility index (Phi) is 11.0. The first kappa shape index (κ1) is 27.1. The van der Waals surface area contributed by atoms with Crippen molar-refractivity contribution in [3.63, 3.8) is 0 Å². The number of hydrogen-bond acceptors (Lipinski definition) is 4. The second kappa shape index (κ2) is 12.2. The van der Waals surface area contributed by atoms with Crippen LogP contribution < -0.4 is 10.5 Å². The van der Waals surface area contributed by atoms with Gasteiger partial charge in [0.25, 0.3) is 5.91 Å². The minimum absolute atomic E-state index is 0. The molecular formula is C20H15BrF2N2O3WY-2. The van der Waals surface area contributed by atoms with Gasteiger partial charge in [0.15, 0.2) is 22.3 Å². The van der Waals surface area contributed by atoms with Crippen LogP contribution in [0.15, 0.2) is 45.5 Å². The normalized spacial score (nSPS) is 11.2. The first-order chi connectivity index (χ1) is 13.4. The van der Waals surface area contributed by atoms with Crippen molar-refractivity contribution < 1.29 is 76.5 Å². The molecule has 1 amide bonds. The predicted octanol–water partition coefficient (Wildman–Crippen LogP) is 5.01. The van der Waals surface area contributed by atoms with Crippen LogP contribution in [0.3, 0.4) is 0 Å². The summed E-state index contributed by atoms with van der Waals surface area (Å²) in [4.78, 5) is 15.7. The van der Waals surface area contributed by atoms with Gasteiger partial charge in [-0.3, -0.25) is 4.79 Å². The summed E-state index contributed by atoms with van der Waals surface area (Å²) in [6.07, 6.45) is -0.0257. The molecule has 0 bridgehead atoms. The average molecular weight is 722 g/mol. The third-order valence-electron chi connectivity index (χ3n) is 3.91. The van der Waals surface area contributed by atoms with E-state index >= 15 is 0 Å². The Bertz CT molecular complexity index is 1010. The van der Waals surface area contributed by atoms with E-state index in [4.69, 9.17) is 14.9 Å². The molecule has 0 saturated carbocycles. The summed E-state index contributed by atoms with van der Waals surface area (Å²) >= 11 is 3.32. The van der Waals surface area contributed by atoms with E-state index in [1.807, 2.05) is 12.1 Å². The van der Waals surface area contributed by atoms with Gasteiger partial charge in [-0.25, -0.2) is 13.8 Å². The third-order valence-corrected chi connectivity index (χ3v) is 4.44. The van der Waals surface area contributed by atoms with Crippen molar-refractivity contribution in [1.82, 2.24) is 4.98 Å². The number of amides is 1. The summed E-state index contributed by atoms with van der Waals surface area (Å²) in [7, 11) is 0. The SMILES string of the molecule is [CH2-]CCC(Oc1ccc(F)c(C(N)=O)c1F)c1nc(-c2cc[c-]cc2)c(Br)o1.[W].[Y]. The van der Waals surface area contributed by atoms with Crippen LogP contribution in [0.1, 0.15) is 35.2 Å². The molecule has 0 saturated heterocycles. The number of hydrogen-bond donors (Lipinski definition) is 1. The number of carbonyl (C=O) groups is 1. The molecule has 0 fully saturated rings. The van der Waals surface area contributed by atoms with Crippen molar-refractivity contribution >= 4 is 21.8 Å². The van der Waals surface area contributed by atoms with Gasteiger partial charge < -0.3 is 21.8 Å². The first-order valence-electron chi connectivity index (χ1n) is 8.28. The van der Waals surface area contributed by atoms with Crippen molar-refractivity contribution in [1.29, 1.82) is 0 Å². The Balaban J connectivity index is 0.00000225. The smallest absolute Gasteiger partial charge is 0.254 e. The summed E-state index contributed by atoms with van der Waals surface area (Å²) < 4.78 is 39.9. The number of primary amides is 1. The van der Waals surface area contributed by atoms with E-state index in [2.05, 4.69) is 33.9 Å². The molecule has 1 heterocycles. The number of nitrogens with zero attached hydrogens (tertiary/aromatic N) is 1. The number of nitrogens with two attached hydrogens (primary N) is 1. The van der Waals surface area contributed by atoms with Crippen LogP contribution >= 0.6 is 15.9 Å². The Morgan fingerprint density at radius 1 is 1.30 bits per heavy atom. The number of carbonyl (C=O) groups excluding carboxylic acids is 1. The van der Waals surface area contributed by atoms with Gasteiger partial charge in [0.05, 0.1) is 5.69 Å². The van der Waals surface area contributed by atoms with E-state index in [9.17, 15) is 13.6 Å². The van der Waals surface area contributed by atoms with Gasteiger partial charge in [0, 0.05) is 53.8 Å². The standard InChI is InChI=1S/C20H15BrF2N2O3.W.Y/c1-2-6-14(27-13-10-9-12(22)15(16(13)23)19(24)26)20-25-17(18(21)28-20)11-7-4-3-5-8-11;;/h4-5,7-10,14H,1-2,6H2,(H2,24,26);;/q-2;;. The molecule has 1 radical (unpaired) electrons. The Morgan fingerprint density at radius 2 is 1.97 bits per heavy atom. The molecule has 1 unspecified atom stereocenters. The minimum atomic E-state index is -1.23. The van der Waals surface area contributed by atoms with Crippen LogP contribution in [0.5, 0.6) is 5.75 Å². The number of aromatic nitrogens is 1. The van der Waals surface area contributed by atoms with Crippen LogP contribution in [-0.4, -0.2) is 10.9 Å². The molecule has 3 aromatic rings. The fourth-order valence-electron chi connectivity index (χ4n) is 2.60. The number of rotatable bonds is 7. The molecule has 0 aliphatic rings. The van der Waals surface area contributed by atoms with Crippen molar-refractivity contribution in [2.45, 2.75) is 18.9 Å². The molecule has 2 N–H and O–H groups in total. The maximum Gasteiger partial charge on any atom is 0.254 e. The quantitative estimate of drug-likeness (QED) is 0.349. The summed E-state index contributed by atoms with van der Waals surface area (Å²) in [6.45, 7) is 3.77. The van der Waals surface area contributed by atoms with Gasteiger partial charge in [0.2, 0.25) is 5.89 Å². The zero-order valence-corrected chi connectivity index (χ0v) is 22.9. The fourth-order valence-corrected chi connectivity index (χ4v) is 3.08. The zero-order chi connectivity index (χ0) is 20.3. The summed E-state index contributed by atoms with van der Waals surface area (Å²) in [5.41, 5.74) is 5.52. The van der Waals surface area contributed by atoms with Crippen molar-refractivity contribution in [3.8, 4) is 17.0 Å². The average Bonchev–Trinajstić information content (AvgIpc) is 3.05. The number of benzene rings is 2. The topological polar surface area (TPSA) is 78.4 Å². The Hall–Kier alpha value is -0.948. The molecule has 10 heteroatoms. The molecule has 3 rings (SSSR count). The molecule has 5 nitrogen and oxygen atoms in total. The molecule has 0 aliphatic carbocycles. The van der Waals surface area contributed by atoms with Crippen molar-refractivity contribution in [2.75, 3.05) is 0 Å². The summed E-state index contributed by atoms with van der Waals surface area (Å²) in [6, 6.07) is 12.0. The van der Waals surface area contributed by atoms with Gasteiger partial charge in [-0.15, -0.1) is 5.56 Å². The second-order valence-corrected chi connectivity index (χ2v) is 6.53. The van der Waals surface area contributed by atoms with Crippen LogP contribution in [0, 0.1) is 24.6 Å². The summed E-state index contributed by atoms with van der Waals surface area (Å²) in [5.74, 6) is -3.61. The fraction of sp³-hybridized carbons (Fsp3) is 0.150. The first-order valence-corrected chi connectivity index (χ1v) is 9.08. The monoisotopic (exact) mass is 721 g/mol. The van der Waals surface area contributed by atoms with Crippen LogP contribution in [0.4, 0.5) is 8.78 Å². The molecule has 1 aromatic heterocycles. The third kappa shape index (κ3) is 6.06. The van der Waals surface area contributed by atoms with E-state index in [1.165, 1.54) is 0 Å². The Morgan fingerprint density at radius 3 is 2.57 bits per heavy atom. The molecule has 0 aliphatic heterocycles. The molecule has 30 heavy (non-hydrogen) atoms. The second-order valence-electron chi connectivity index (χ2n) is 5.81. The summed E-state index contributed by atoms with van der Waals surface area (Å²) in [5, 5.41) is 0. The van der Waals surface area contributed by atoms with E-state index in [-0.39, 0.29) is 65.4 Å². The van der Waals surface area contributed by atoms with Crippen molar-refractivity contribution in [3.05, 3.63) is 77.1 Å². The maximum absolute atomic E-state index is 14.5.